The van der Waals surface area contributed by atoms with E-state index in [-0.39, 0.29) is 24.4 Å². The number of pyridine rings is 1. The third-order valence-electron chi connectivity index (χ3n) is 7.41. The molecule has 2 heterocycles. The highest BCUT2D eigenvalue weighted by molar-refractivity contribution is 5.95. The molecule has 0 aliphatic carbocycles. The normalized spacial score (nSPS) is 13.7. The second kappa shape index (κ2) is 12.4. The Kier molecular flexibility index (Phi) is 8.54. The number of anilines is 1. The molecular formula is C32H34FN3O5. The van der Waals surface area contributed by atoms with E-state index in [0.29, 0.717) is 60.9 Å². The molecule has 0 atom stereocenters. The first kappa shape index (κ1) is 28.2. The summed E-state index contributed by atoms with van der Waals surface area (Å²) in [4.78, 5) is 22.8. The maximum absolute atomic E-state index is 14.1. The maximum Gasteiger partial charge on any atom is 0.254 e. The lowest BCUT2D eigenvalue weighted by atomic mass is 10.0. The zero-order valence-corrected chi connectivity index (χ0v) is 23.5. The molecule has 214 valence electrons. The van der Waals surface area contributed by atoms with Crippen LogP contribution in [0.25, 0.3) is 10.9 Å². The fourth-order valence-corrected chi connectivity index (χ4v) is 5.15. The Morgan fingerprint density at radius 3 is 2.34 bits per heavy atom. The second-order valence-corrected chi connectivity index (χ2v) is 10.1. The van der Waals surface area contributed by atoms with E-state index in [1.54, 1.807) is 43.4 Å². The van der Waals surface area contributed by atoms with Gasteiger partial charge in [-0.3, -0.25) is 4.79 Å². The Labute approximate surface area is 238 Å². The number of hydrogen-bond acceptors (Lipinski definition) is 7. The molecule has 1 aliphatic rings. The number of hydrogen-bond donors (Lipinski definition) is 1. The molecule has 3 aromatic carbocycles. The van der Waals surface area contributed by atoms with Crippen molar-refractivity contribution in [1.29, 1.82) is 0 Å². The quantitative estimate of drug-likeness (QED) is 0.302. The van der Waals surface area contributed by atoms with Crippen molar-refractivity contribution in [2.45, 2.75) is 32.0 Å². The van der Waals surface area contributed by atoms with Crippen molar-refractivity contribution < 1.29 is 28.5 Å². The van der Waals surface area contributed by atoms with Crippen LogP contribution in [0.4, 0.5) is 10.2 Å². The largest absolute Gasteiger partial charge is 0.497 e. The first-order valence-electron chi connectivity index (χ1n) is 13.5. The molecule has 1 saturated heterocycles. The van der Waals surface area contributed by atoms with Gasteiger partial charge in [-0.1, -0.05) is 12.1 Å². The number of carbonyl (C=O) groups excluding carboxylic acids is 1. The van der Waals surface area contributed by atoms with E-state index in [0.717, 1.165) is 22.3 Å². The van der Waals surface area contributed by atoms with Gasteiger partial charge in [0.05, 0.1) is 33.0 Å². The van der Waals surface area contributed by atoms with Gasteiger partial charge in [-0.25, -0.2) is 9.37 Å². The van der Waals surface area contributed by atoms with E-state index in [1.165, 1.54) is 19.2 Å². The van der Waals surface area contributed by atoms with Crippen LogP contribution < -0.4 is 19.1 Å². The first-order valence-corrected chi connectivity index (χ1v) is 13.5. The molecule has 1 amide bonds. The number of fused-ring (bicyclic) bond motifs is 1. The summed E-state index contributed by atoms with van der Waals surface area (Å²) >= 11 is 0. The summed E-state index contributed by atoms with van der Waals surface area (Å²) in [6, 6.07) is 19.2. The van der Waals surface area contributed by atoms with Gasteiger partial charge in [-0.05, 0) is 66.9 Å². The van der Waals surface area contributed by atoms with Gasteiger partial charge in [0, 0.05) is 48.8 Å². The fourth-order valence-electron chi connectivity index (χ4n) is 5.15. The molecule has 4 aromatic rings. The van der Waals surface area contributed by atoms with Crippen LogP contribution in [0.3, 0.4) is 0 Å². The molecule has 0 spiro atoms. The molecule has 1 aliphatic heterocycles. The van der Waals surface area contributed by atoms with Crippen molar-refractivity contribution in [3.8, 4) is 17.2 Å². The van der Waals surface area contributed by atoms with Crippen molar-refractivity contribution in [2.75, 3.05) is 39.3 Å². The fraction of sp³-hybridized carbons (Fsp3) is 0.312. The summed E-state index contributed by atoms with van der Waals surface area (Å²) in [5, 5.41) is 10.9. The number of rotatable bonds is 9. The number of halogens is 1. The number of amides is 1. The molecule has 41 heavy (non-hydrogen) atoms. The van der Waals surface area contributed by atoms with Crippen molar-refractivity contribution in [1.82, 2.24) is 9.88 Å². The first-order chi connectivity index (χ1) is 19.9. The van der Waals surface area contributed by atoms with E-state index in [9.17, 15) is 14.3 Å². The van der Waals surface area contributed by atoms with Crippen molar-refractivity contribution in [3.63, 3.8) is 0 Å². The molecule has 1 aromatic heterocycles. The summed E-state index contributed by atoms with van der Waals surface area (Å²) in [5.74, 6) is 1.86. The molecule has 1 N–H and O–H groups in total. The van der Waals surface area contributed by atoms with Crippen LogP contribution in [0, 0.1) is 5.82 Å². The van der Waals surface area contributed by atoms with Gasteiger partial charge in [-0.15, -0.1) is 0 Å². The van der Waals surface area contributed by atoms with Crippen LogP contribution >= 0.6 is 0 Å². The number of benzene rings is 3. The monoisotopic (exact) mass is 559 g/mol. The second-order valence-electron chi connectivity index (χ2n) is 10.1. The zero-order valence-electron chi connectivity index (χ0n) is 23.5. The molecular weight excluding hydrogens is 525 g/mol. The van der Waals surface area contributed by atoms with E-state index >= 15 is 0 Å². The molecule has 0 radical (unpaired) electrons. The molecule has 5 rings (SSSR count). The van der Waals surface area contributed by atoms with Crippen LogP contribution in [0.1, 0.15) is 34.3 Å². The predicted molar refractivity (Wildman–Crippen MR) is 155 cm³/mol. The Hall–Kier alpha value is -4.37. The molecule has 0 unspecified atom stereocenters. The van der Waals surface area contributed by atoms with Crippen LogP contribution in [0.15, 0.2) is 66.7 Å². The molecule has 1 fully saturated rings. The lowest BCUT2D eigenvalue weighted by Crippen LogP contribution is -2.38. The third kappa shape index (κ3) is 6.36. The topological polar surface area (TPSA) is 84.4 Å². The Morgan fingerprint density at radius 1 is 0.927 bits per heavy atom. The van der Waals surface area contributed by atoms with Gasteiger partial charge >= 0.3 is 0 Å². The lowest BCUT2D eigenvalue weighted by Gasteiger charge is -2.33. The zero-order chi connectivity index (χ0) is 28.9. The van der Waals surface area contributed by atoms with E-state index in [1.807, 2.05) is 30.3 Å². The maximum atomic E-state index is 14.1. The SMILES string of the molecule is COc1ccc(CN(Cc2cc3ccc(F)cc3nc2N2CCC(O)CC2)C(=O)c2ccc(OC)c(OC)c2)cc1. The number of methoxy groups -OCH3 is 3. The average Bonchev–Trinajstić information content (AvgIpc) is 3.00. The Morgan fingerprint density at radius 2 is 1.66 bits per heavy atom. The number of carbonyl (C=O) groups is 1. The predicted octanol–water partition coefficient (Wildman–Crippen LogP) is 5.20. The van der Waals surface area contributed by atoms with Gasteiger partial charge in [0.15, 0.2) is 11.5 Å². The van der Waals surface area contributed by atoms with Gasteiger partial charge in [-0.2, -0.15) is 0 Å². The molecule has 9 heteroatoms. The molecule has 8 nitrogen and oxygen atoms in total. The Bertz CT molecular complexity index is 1520. The van der Waals surface area contributed by atoms with Gasteiger partial charge < -0.3 is 29.1 Å². The average molecular weight is 560 g/mol. The van der Waals surface area contributed by atoms with Crippen LogP contribution in [-0.2, 0) is 13.1 Å². The highest BCUT2D eigenvalue weighted by Crippen LogP contribution is 2.31. The number of nitrogens with zero attached hydrogens (tertiary/aromatic N) is 3. The summed E-state index contributed by atoms with van der Waals surface area (Å²) in [6.07, 6.45) is 0.871. The standard InChI is InChI=1S/C32H34FN3O5/c1-39-27-9-4-21(5-10-27)19-36(32(38)23-7-11-29(40-2)30(17-23)41-3)20-24-16-22-6-8-25(33)18-28(22)34-31(24)35-14-12-26(37)13-15-35/h4-11,16-18,26,37H,12-15,19-20H2,1-3H3. The number of aromatic nitrogens is 1. The van der Waals surface area contributed by atoms with Crippen molar-refractivity contribution >= 4 is 22.6 Å². The molecule has 0 saturated carbocycles. The summed E-state index contributed by atoms with van der Waals surface area (Å²) in [6.45, 7) is 1.82. The number of piperidine rings is 1. The highest BCUT2D eigenvalue weighted by Gasteiger charge is 2.25. The summed E-state index contributed by atoms with van der Waals surface area (Å²) in [5.41, 5.74) is 2.76. The summed E-state index contributed by atoms with van der Waals surface area (Å²) < 4.78 is 30.2. The Balaban J connectivity index is 1.56. The van der Waals surface area contributed by atoms with Crippen molar-refractivity contribution in [3.05, 3.63) is 89.2 Å². The van der Waals surface area contributed by atoms with E-state index < -0.39 is 0 Å². The minimum Gasteiger partial charge on any atom is -0.497 e. The van der Waals surface area contributed by atoms with Gasteiger partial charge in [0.1, 0.15) is 17.4 Å². The summed E-state index contributed by atoms with van der Waals surface area (Å²) in [7, 11) is 4.70. The van der Waals surface area contributed by atoms with Gasteiger partial charge in [0.25, 0.3) is 5.91 Å². The number of ether oxygens (including phenoxy) is 3. The smallest absolute Gasteiger partial charge is 0.254 e. The van der Waals surface area contributed by atoms with E-state index in [2.05, 4.69) is 4.90 Å². The van der Waals surface area contributed by atoms with Gasteiger partial charge in [0.2, 0.25) is 0 Å². The van der Waals surface area contributed by atoms with Crippen LogP contribution in [0.5, 0.6) is 17.2 Å². The molecule has 0 bridgehead atoms. The minimum absolute atomic E-state index is 0.194. The van der Waals surface area contributed by atoms with Crippen LogP contribution in [-0.4, -0.2) is 61.4 Å². The van der Waals surface area contributed by atoms with Crippen LogP contribution in [0.2, 0.25) is 0 Å². The lowest BCUT2D eigenvalue weighted by molar-refractivity contribution is 0.0729. The number of aliphatic hydroxyl groups is 1. The highest BCUT2D eigenvalue weighted by atomic mass is 19.1. The minimum atomic E-state index is -0.359. The third-order valence-corrected chi connectivity index (χ3v) is 7.41. The van der Waals surface area contributed by atoms with Crippen molar-refractivity contribution in [2.24, 2.45) is 0 Å². The number of aliphatic hydroxyl groups excluding tert-OH is 1. The van der Waals surface area contributed by atoms with E-state index in [4.69, 9.17) is 19.2 Å².